The Hall–Kier alpha value is -4.42. The quantitative estimate of drug-likeness (QED) is 0.155. The number of aromatic amines is 1. The predicted molar refractivity (Wildman–Crippen MR) is 138 cm³/mol. The smallest absolute Gasteiger partial charge is 0.325 e. The number of carbonyl (C=O) groups is 4. The summed E-state index contributed by atoms with van der Waals surface area (Å²) in [4.78, 5) is 52.8. The van der Waals surface area contributed by atoms with Gasteiger partial charge in [-0.3, -0.25) is 19.2 Å². The van der Waals surface area contributed by atoms with Gasteiger partial charge in [0.2, 0.25) is 17.7 Å². The summed E-state index contributed by atoms with van der Waals surface area (Å²) in [6.45, 7) is 0.448. The van der Waals surface area contributed by atoms with Crippen LogP contribution in [0.15, 0.2) is 54.7 Å². The molecule has 3 rings (SSSR count). The van der Waals surface area contributed by atoms with Gasteiger partial charge in [-0.05, 0) is 42.7 Å². The number of fused-ring (bicyclic) bond motifs is 1. The number of carboxylic acid groups (broad SMARTS) is 1. The Morgan fingerprint density at radius 3 is 2.18 bits per heavy atom. The maximum atomic E-state index is 13.2. The Kier molecular flexibility index (Phi) is 9.41. The number of aliphatic hydroxyl groups excluding tert-OH is 1. The number of nitrogens with one attached hydrogen (secondary N) is 4. The number of aliphatic carboxylic acids is 1. The first-order valence-electron chi connectivity index (χ1n) is 11.9. The Balaban J connectivity index is 1.78. The van der Waals surface area contributed by atoms with Gasteiger partial charge in [0.25, 0.3) is 0 Å². The van der Waals surface area contributed by atoms with Crippen LogP contribution in [0.3, 0.4) is 0 Å². The van der Waals surface area contributed by atoms with Gasteiger partial charge in [0.05, 0.1) is 12.6 Å². The molecule has 0 fully saturated rings. The summed E-state index contributed by atoms with van der Waals surface area (Å²) in [6.07, 6.45) is 1.89. The van der Waals surface area contributed by atoms with Crippen molar-refractivity contribution >= 4 is 34.6 Å². The molecule has 1 heterocycles. The third-order valence-electron chi connectivity index (χ3n) is 6.01. The van der Waals surface area contributed by atoms with E-state index in [4.69, 9.17) is 10.8 Å². The van der Waals surface area contributed by atoms with E-state index in [1.807, 2.05) is 24.3 Å². The first kappa shape index (κ1) is 28.2. The highest BCUT2D eigenvalue weighted by Crippen LogP contribution is 2.19. The van der Waals surface area contributed by atoms with Gasteiger partial charge in [-0.15, -0.1) is 0 Å². The zero-order valence-electron chi connectivity index (χ0n) is 20.7. The number of aromatic nitrogens is 1. The Morgan fingerprint density at radius 1 is 0.895 bits per heavy atom. The van der Waals surface area contributed by atoms with Crippen LogP contribution in [-0.4, -0.2) is 74.8 Å². The number of para-hydroxylation sites is 1. The number of hydrogen-bond acceptors (Lipinski definition) is 7. The first-order valence-corrected chi connectivity index (χ1v) is 11.9. The molecule has 1 aromatic heterocycles. The van der Waals surface area contributed by atoms with Crippen molar-refractivity contribution in [2.75, 3.05) is 6.61 Å². The summed E-state index contributed by atoms with van der Waals surface area (Å²) in [5.41, 5.74) is 8.33. The van der Waals surface area contributed by atoms with E-state index in [1.165, 1.54) is 19.1 Å². The van der Waals surface area contributed by atoms with E-state index >= 15 is 0 Å². The first-order chi connectivity index (χ1) is 18.1. The minimum atomic E-state index is -1.45. The highest BCUT2D eigenvalue weighted by molar-refractivity contribution is 5.95. The van der Waals surface area contributed by atoms with Gasteiger partial charge >= 0.3 is 5.97 Å². The molecule has 4 atom stereocenters. The normalized spacial score (nSPS) is 14.2. The number of aromatic hydroxyl groups is 1. The lowest BCUT2D eigenvalue weighted by Gasteiger charge is -2.24. The number of phenolic OH excluding ortho intramolecular Hbond substituents is 1. The van der Waals surface area contributed by atoms with Crippen LogP contribution in [0.4, 0.5) is 0 Å². The van der Waals surface area contributed by atoms with Crippen LogP contribution >= 0.6 is 0 Å². The second kappa shape index (κ2) is 12.7. The number of phenols is 1. The second-order valence-corrected chi connectivity index (χ2v) is 8.91. The molecule has 3 amide bonds. The molecule has 0 bridgehead atoms. The molecular weight excluding hydrogens is 494 g/mol. The lowest BCUT2D eigenvalue weighted by Crippen LogP contribution is -2.58. The molecule has 0 aliphatic rings. The Bertz CT molecular complexity index is 1290. The van der Waals surface area contributed by atoms with Crippen molar-refractivity contribution in [1.82, 2.24) is 20.9 Å². The van der Waals surface area contributed by atoms with Gasteiger partial charge in [0, 0.05) is 23.5 Å². The van der Waals surface area contributed by atoms with Gasteiger partial charge in [0.1, 0.15) is 23.9 Å². The lowest BCUT2D eigenvalue weighted by atomic mass is 10.0. The fourth-order valence-corrected chi connectivity index (χ4v) is 3.83. The lowest BCUT2D eigenvalue weighted by molar-refractivity contribution is -0.142. The number of amides is 3. The molecule has 0 radical (unpaired) electrons. The van der Waals surface area contributed by atoms with Crippen molar-refractivity contribution in [3.63, 3.8) is 0 Å². The molecule has 0 saturated carbocycles. The molecular formula is C26H31N5O7. The monoisotopic (exact) mass is 525 g/mol. The summed E-state index contributed by atoms with van der Waals surface area (Å²) >= 11 is 0. The van der Waals surface area contributed by atoms with Gasteiger partial charge < -0.3 is 42.0 Å². The molecule has 202 valence electrons. The summed E-state index contributed by atoms with van der Waals surface area (Å²) in [5, 5.41) is 36.2. The van der Waals surface area contributed by atoms with Crippen LogP contribution in [0.25, 0.3) is 10.9 Å². The van der Waals surface area contributed by atoms with Gasteiger partial charge in [-0.25, -0.2) is 0 Å². The molecule has 3 aromatic rings. The topological polar surface area (TPSA) is 207 Å². The van der Waals surface area contributed by atoms with E-state index in [1.54, 1.807) is 18.3 Å². The number of aliphatic hydroxyl groups is 1. The minimum Gasteiger partial charge on any atom is -0.508 e. The largest absolute Gasteiger partial charge is 0.508 e. The molecule has 0 aliphatic carbocycles. The average molecular weight is 526 g/mol. The van der Waals surface area contributed by atoms with Crippen LogP contribution in [0.2, 0.25) is 0 Å². The molecule has 38 heavy (non-hydrogen) atoms. The van der Waals surface area contributed by atoms with Crippen molar-refractivity contribution in [2.45, 2.75) is 43.9 Å². The number of H-pyrrole nitrogens is 1. The van der Waals surface area contributed by atoms with E-state index in [2.05, 4.69) is 20.9 Å². The predicted octanol–water partition coefficient (Wildman–Crippen LogP) is -0.463. The van der Waals surface area contributed by atoms with E-state index in [-0.39, 0.29) is 18.6 Å². The van der Waals surface area contributed by atoms with Gasteiger partial charge in [-0.1, -0.05) is 30.3 Å². The summed E-state index contributed by atoms with van der Waals surface area (Å²) in [6, 6.07) is 8.69. The number of benzene rings is 2. The number of rotatable bonds is 12. The molecule has 12 heteroatoms. The van der Waals surface area contributed by atoms with E-state index in [9.17, 15) is 29.4 Å². The maximum absolute atomic E-state index is 13.2. The fraction of sp³-hybridized carbons (Fsp3) is 0.308. The summed E-state index contributed by atoms with van der Waals surface area (Å²) in [7, 11) is 0. The molecule has 0 aliphatic heterocycles. The zero-order valence-corrected chi connectivity index (χ0v) is 20.7. The van der Waals surface area contributed by atoms with Crippen LogP contribution in [0.5, 0.6) is 5.75 Å². The van der Waals surface area contributed by atoms with Gasteiger partial charge in [-0.2, -0.15) is 0 Å². The molecule has 2 aromatic carbocycles. The Morgan fingerprint density at radius 2 is 1.53 bits per heavy atom. The number of carboxylic acids is 1. The average Bonchev–Trinajstić information content (AvgIpc) is 3.30. The third-order valence-corrected chi connectivity index (χ3v) is 6.01. The SMILES string of the molecule is CC(NC(=O)C(CO)NC(=O)C(Cc1c[nH]c2ccccc12)NC(=O)C(N)Cc1ccc(O)cc1)C(=O)O. The molecule has 4 unspecified atom stereocenters. The fourth-order valence-electron chi connectivity index (χ4n) is 3.83. The highest BCUT2D eigenvalue weighted by Gasteiger charge is 2.30. The van der Waals surface area contributed by atoms with E-state index in [0.717, 1.165) is 16.5 Å². The van der Waals surface area contributed by atoms with Crippen molar-refractivity contribution in [3.8, 4) is 5.75 Å². The van der Waals surface area contributed by atoms with Gasteiger partial charge in [0.15, 0.2) is 0 Å². The molecule has 0 spiro atoms. The van der Waals surface area contributed by atoms with Crippen molar-refractivity contribution in [2.24, 2.45) is 5.73 Å². The summed E-state index contributed by atoms with van der Waals surface area (Å²) in [5.74, 6) is -3.49. The maximum Gasteiger partial charge on any atom is 0.325 e. The van der Waals surface area contributed by atoms with Crippen LogP contribution in [0, 0.1) is 0 Å². The Labute approximate surface area is 218 Å². The third kappa shape index (κ3) is 7.31. The molecule has 0 saturated heterocycles. The van der Waals surface area contributed by atoms with Crippen molar-refractivity contribution in [1.29, 1.82) is 0 Å². The van der Waals surface area contributed by atoms with Crippen LogP contribution in [-0.2, 0) is 32.0 Å². The van der Waals surface area contributed by atoms with Crippen LogP contribution < -0.4 is 21.7 Å². The second-order valence-electron chi connectivity index (χ2n) is 8.91. The summed E-state index contributed by atoms with van der Waals surface area (Å²) < 4.78 is 0. The van der Waals surface area contributed by atoms with E-state index < -0.39 is 54.5 Å². The van der Waals surface area contributed by atoms with Crippen molar-refractivity contribution in [3.05, 3.63) is 65.9 Å². The molecule has 9 N–H and O–H groups in total. The molecule has 12 nitrogen and oxygen atoms in total. The zero-order chi connectivity index (χ0) is 27.8. The number of hydrogen-bond donors (Lipinski definition) is 8. The highest BCUT2D eigenvalue weighted by atomic mass is 16.4. The van der Waals surface area contributed by atoms with Crippen LogP contribution in [0.1, 0.15) is 18.1 Å². The number of nitrogens with two attached hydrogens (primary N) is 1. The van der Waals surface area contributed by atoms with Crippen molar-refractivity contribution < 1.29 is 34.5 Å². The number of carbonyl (C=O) groups excluding carboxylic acids is 3. The van der Waals surface area contributed by atoms with E-state index in [0.29, 0.717) is 5.56 Å². The standard InChI is InChI=1S/C26H31N5O7/c1-14(26(37)38)29-25(36)22(13-32)31-24(35)21(11-16-12-28-20-5-3-2-4-18(16)20)30-23(34)19(27)10-15-6-8-17(33)9-7-15/h2-9,12,14,19,21-22,28,32-33H,10-11,13,27H2,1H3,(H,29,36)(H,30,34)(H,31,35)(H,37,38). The minimum absolute atomic E-state index is 0.0405.